The molecule has 1 N–H and O–H groups in total. The Morgan fingerprint density at radius 1 is 1.29 bits per heavy atom. The fourth-order valence-corrected chi connectivity index (χ4v) is 3.83. The first kappa shape index (κ1) is 16.7. The highest BCUT2D eigenvalue weighted by Gasteiger charge is 2.31. The van der Waals surface area contributed by atoms with Gasteiger partial charge in [0, 0.05) is 11.8 Å². The van der Waals surface area contributed by atoms with Crippen LogP contribution >= 0.6 is 11.8 Å². The smallest absolute Gasteiger partial charge is 0.310 e. The molecule has 118 valence electrons. The molecule has 0 aromatic heterocycles. The summed E-state index contributed by atoms with van der Waals surface area (Å²) in [6, 6.07) is 8.52. The molecule has 0 amide bonds. The van der Waals surface area contributed by atoms with Crippen LogP contribution in [0.3, 0.4) is 0 Å². The zero-order valence-electron chi connectivity index (χ0n) is 12.2. The van der Waals surface area contributed by atoms with Gasteiger partial charge in [0.25, 0.3) is 0 Å². The average Bonchev–Trinajstić information content (AvgIpc) is 2.59. The van der Waals surface area contributed by atoms with Gasteiger partial charge in [0.1, 0.15) is 0 Å². The molecule has 1 aromatic rings. The number of aryl methyl sites for hydroxylation is 1. The van der Waals surface area contributed by atoms with Crippen molar-refractivity contribution in [2.24, 2.45) is 5.92 Å². The highest BCUT2D eigenvalue weighted by Crippen LogP contribution is 2.38. The predicted octanol–water partition coefficient (Wildman–Crippen LogP) is 4.93. The molecule has 1 aliphatic carbocycles. The fraction of sp³-hybridized carbons (Fsp3) is 0.625. The second-order valence-corrected chi connectivity index (χ2v) is 6.63. The van der Waals surface area contributed by atoms with Gasteiger partial charge in [0.05, 0.1) is 0 Å². The van der Waals surface area contributed by atoms with Gasteiger partial charge in [0.2, 0.25) is 0 Å². The summed E-state index contributed by atoms with van der Waals surface area (Å²) < 4.78 is 37.0. The van der Waals surface area contributed by atoms with Gasteiger partial charge < -0.3 is 5.32 Å². The quantitative estimate of drug-likeness (QED) is 0.773. The van der Waals surface area contributed by atoms with E-state index in [0.717, 1.165) is 25.8 Å². The zero-order valence-corrected chi connectivity index (χ0v) is 13.1. The molecule has 5 heteroatoms. The number of hydrogen-bond acceptors (Lipinski definition) is 2. The summed E-state index contributed by atoms with van der Waals surface area (Å²) in [6.07, 6.45) is 3.68. The van der Waals surface area contributed by atoms with Gasteiger partial charge in [-0.25, -0.2) is 0 Å². The second-order valence-electron chi connectivity index (χ2n) is 5.47. The SMILES string of the molecule is CCNC1c2ccccc2CCCC1CCSC(F)(F)F. The lowest BCUT2D eigenvalue weighted by Gasteiger charge is -2.27. The Bertz CT molecular complexity index is 447. The molecule has 2 rings (SSSR count). The molecule has 1 aromatic carbocycles. The molecule has 0 fully saturated rings. The van der Waals surface area contributed by atoms with Crippen LogP contribution in [0.25, 0.3) is 0 Å². The number of hydrogen-bond donors (Lipinski definition) is 1. The van der Waals surface area contributed by atoms with Crippen molar-refractivity contribution in [2.45, 2.75) is 44.2 Å². The number of thioether (sulfide) groups is 1. The predicted molar refractivity (Wildman–Crippen MR) is 82.4 cm³/mol. The van der Waals surface area contributed by atoms with Crippen LogP contribution in [-0.4, -0.2) is 17.8 Å². The van der Waals surface area contributed by atoms with E-state index in [1.807, 2.05) is 12.1 Å². The summed E-state index contributed by atoms with van der Waals surface area (Å²) in [6.45, 7) is 2.89. The van der Waals surface area contributed by atoms with E-state index in [9.17, 15) is 13.2 Å². The molecule has 1 aliphatic rings. The van der Waals surface area contributed by atoms with Gasteiger partial charge in [-0.2, -0.15) is 13.2 Å². The number of alkyl halides is 3. The summed E-state index contributed by atoms with van der Waals surface area (Å²) in [4.78, 5) is 0. The van der Waals surface area contributed by atoms with Gasteiger partial charge in [-0.3, -0.25) is 0 Å². The minimum Gasteiger partial charge on any atom is -0.310 e. The average molecular weight is 317 g/mol. The van der Waals surface area contributed by atoms with E-state index in [0.29, 0.717) is 6.42 Å². The van der Waals surface area contributed by atoms with Crippen molar-refractivity contribution in [2.75, 3.05) is 12.3 Å². The molecule has 0 saturated carbocycles. The molecule has 0 heterocycles. The fourth-order valence-electron chi connectivity index (χ4n) is 3.17. The largest absolute Gasteiger partial charge is 0.441 e. The third-order valence-corrected chi connectivity index (χ3v) is 4.83. The van der Waals surface area contributed by atoms with Crippen LogP contribution in [0.2, 0.25) is 0 Å². The molecular formula is C16H22F3NS. The van der Waals surface area contributed by atoms with E-state index in [-0.39, 0.29) is 29.5 Å². The number of fused-ring (bicyclic) bond motifs is 1. The molecule has 21 heavy (non-hydrogen) atoms. The normalized spacial score (nSPS) is 22.7. The maximum atomic E-state index is 12.3. The molecule has 2 atom stereocenters. The van der Waals surface area contributed by atoms with Crippen molar-refractivity contribution in [1.82, 2.24) is 5.32 Å². The van der Waals surface area contributed by atoms with Gasteiger partial charge in [0.15, 0.2) is 0 Å². The first-order valence-electron chi connectivity index (χ1n) is 7.53. The third-order valence-electron chi connectivity index (χ3n) is 4.06. The van der Waals surface area contributed by atoms with Crippen LogP contribution in [-0.2, 0) is 6.42 Å². The van der Waals surface area contributed by atoms with Crippen molar-refractivity contribution < 1.29 is 13.2 Å². The van der Waals surface area contributed by atoms with E-state index in [4.69, 9.17) is 0 Å². The van der Waals surface area contributed by atoms with Crippen molar-refractivity contribution >= 4 is 11.8 Å². The lowest BCUT2D eigenvalue weighted by molar-refractivity contribution is -0.0328. The highest BCUT2D eigenvalue weighted by atomic mass is 32.2. The van der Waals surface area contributed by atoms with Crippen LogP contribution in [0.4, 0.5) is 13.2 Å². The van der Waals surface area contributed by atoms with Crippen molar-refractivity contribution in [3.05, 3.63) is 35.4 Å². The monoisotopic (exact) mass is 317 g/mol. The summed E-state index contributed by atoms with van der Waals surface area (Å²) in [5, 5.41) is 3.49. The molecule has 0 bridgehead atoms. The number of halogens is 3. The Hall–Kier alpha value is -0.680. The van der Waals surface area contributed by atoms with Gasteiger partial charge >= 0.3 is 5.51 Å². The van der Waals surface area contributed by atoms with Crippen LogP contribution in [0, 0.1) is 5.92 Å². The Labute approximate surface area is 128 Å². The summed E-state index contributed by atoms with van der Waals surface area (Å²) in [5.41, 5.74) is -1.50. The standard InChI is InChI=1S/C16H22F3NS/c1-2-20-15-13(10-11-21-16(17,18)19)8-5-7-12-6-3-4-9-14(12)15/h3-4,6,9,13,15,20H,2,5,7-8,10-11H2,1H3. The third kappa shape index (κ3) is 4.92. The van der Waals surface area contributed by atoms with E-state index >= 15 is 0 Å². The lowest BCUT2D eigenvalue weighted by Crippen LogP contribution is -2.28. The molecule has 1 nitrogen and oxygen atoms in total. The summed E-state index contributed by atoms with van der Waals surface area (Å²) >= 11 is 0.108. The summed E-state index contributed by atoms with van der Waals surface area (Å²) in [7, 11) is 0. The molecule has 0 radical (unpaired) electrons. The molecule has 0 saturated heterocycles. The van der Waals surface area contributed by atoms with E-state index in [1.165, 1.54) is 11.1 Å². The molecule has 0 aliphatic heterocycles. The molecular weight excluding hydrogens is 295 g/mol. The van der Waals surface area contributed by atoms with Crippen molar-refractivity contribution in [3.8, 4) is 0 Å². The van der Waals surface area contributed by atoms with Crippen LogP contribution in [0.5, 0.6) is 0 Å². The van der Waals surface area contributed by atoms with Crippen LogP contribution < -0.4 is 5.32 Å². The van der Waals surface area contributed by atoms with Gasteiger partial charge in [-0.05, 0) is 49.3 Å². The lowest BCUT2D eigenvalue weighted by atomic mass is 9.88. The second kappa shape index (κ2) is 7.54. The van der Waals surface area contributed by atoms with Gasteiger partial charge in [-0.15, -0.1) is 0 Å². The zero-order chi connectivity index (χ0) is 15.3. The number of nitrogens with one attached hydrogen (secondary N) is 1. The topological polar surface area (TPSA) is 12.0 Å². The maximum Gasteiger partial charge on any atom is 0.441 e. The molecule has 0 spiro atoms. The minimum absolute atomic E-state index is 0.108. The van der Waals surface area contributed by atoms with Gasteiger partial charge in [-0.1, -0.05) is 43.0 Å². The number of rotatable bonds is 5. The van der Waals surface area contributed by atoms with E-state index < -0.39 is 5.51 Å². The Morgan fingerprint density at radius 3 is 2.76 bits per heavy atom. The molecule has 2 unspecified atom stereocenters. The minimum atomic E-state index is -4.11. The van der Waals surface area contributed by atoms with Crippen molar-refractivity contribution in [3.63, 3.8) is 0 Å². The summed E-state index contributed by atoms with van der Waals surface area (Å²) in [5.74, 6) is 0.432. The first-order valence-corrected chi connectivity index (χ1v) is 8.51. The van der Waals surface area contributed by atoms with E-state index in [2.05, 4.69) is 24.4 Å². The Morgan fingerprint density at radius 2 is 2.05 bits per heavy atom. The highest BCUT2D eigenvalue weighted by molar-refractivity contribution is 8.00. The maximum absolute atomic E-state index is 12.3. The Balaban J connectivity index is 2.09. The first-order chi connectivity index (χ1) is 10.0. The Kier molecular flexibility index (Phi) is 5.99. The number of benzene rings is 1. The van der Waals surface area contributed by atoms with Crippen LogP contribution in [0.1, 0.15) is 43.4 Å². The van der Waals surface area contributed by atoms with E-state index in [1.54, 1.807) is 0 Å². The van der Waals surface area contributed by atoms with Crippen molar-refractivity contribution in [1.29, 1.82) is 0 Å². The van der Waals surface area contributed by atoms with Crippen LogP contribution in [0.15, 0.2) is 24.3 Å².